The summed E-state index contributed by atoms with van der Waals surface area (Å²) in [4.78, 5) is 37.2. The van der Waals surface area contributed by atoms with Gasteiger partial charge in [-0.15, -0.1) is 0 Å². The van der Waals surface area contributed by atoms with Crippen molar-refractivity contribution in [3.63, 3.8) is 0 Å². The number of carbonyl (C=O) groups is 2. The molecule has 0 spiro atoms. The summed E-state index contributed by atoms with van der Waals surface area (Å²) in [7, 11) is 0. The highest BCUT2D eigenvalue weighted by atomic mass is 16.5. The summed E-state index contributed by atoms with van der Waals surface area (Å²) in [5.74, 6) is 0.629. The first-order chi connectivity index (χ1) is 16.9. The maximum Gasteiger partial charge on any atom is 0.232 e. The second-order valence-corrected chi connectivity index (χ2v) is 11.6. The third kappa shape index (κ3) is 4.68. The van der Waals surface area contributed by atoms with Crippen LogP contribution in [0.15, 0.2) is 47.7 Å². The number of aromatic nitrogens is 1. The number of aryl methyl sites for hydroxylation is 1. The van der Waals surface area contributed by atoms with Gasteiger partial charge in [-0.3, -0.25) is 19.5 Å². The molecule has 0 radical (unpaired) electrons. The molecule has 36 heavy (non-hydrogen) atoms. The highest BCUT2D eigenvalue weighted by Crippen LogP contribution is 2.51. The molecule has 5 rings (SSSR count). The number of aliphatic imine (C=N–C) groups is 1. The summed E-state index contributed by atoms with van der Waals surface area (Å²) in [5.41, 5.74) is 8.38. The Morgan fingerprint density at radius 2 is 2.03 bits per heavy atom. The number of pyridine rings is 1. The van der Waals surface area contributed by atoms with Gasteiger partial charge in [-0.05, 0) is 70.2 Å². The molecular formula is C28H35N5O3. The minimum absolute atomic E-state index is 0.0107. The van der Waals surface area contributed by atoms with E-state index in [1.807, 2.05) is 65.0 Å². The summed E-state index contributed by atoms with van der Waals surface area (Å²) in [6.45, 7) is 9.92. The van der Waals surface area contributed by atoms with Crippen LogP contribution in [0.2, 0.25) is 0 Å². The number of nitrogens with zero attached hydrogens (tertiary/aromatic N) is 3. The predicted octanol–water partition coefficient (Wildman–Crippen LogP) is 3.81. The maximum absolute atomic E-state index is 13.5. The highest BCUT2D eigenvalue weighted by molar-refractivity contribution is 5.99. The van der Waals surface area contributed by atoms with Gasteiger partial charge < -0.3 is 15.8 Å². The SMILES string of the molecule is Cc1ccc2c(c1)OC(C)(C)C[C@@H]2NC(=O)[C@@H]1CC1[C@@H](c1cccnc1)N1C(=O)CC(C)(C)N=C1N. The number of ether oxygens (including phenoxy) is 1. The molecule has 2 aliphatic heterocycles. The molecule has 1 saturated carbocycles. The Morgan fingerprint density at radius 3 is 2.72 bits per heavy atom. The van der Waals surface area contributed by atoms with Gasteiger partial charge in [-0.25, -0.2) is 4.99 Å². The van der Waals surface area contributed by atoms with Gasteiger partial charge in [0.1, 0.15) is 11.4 Å². The van der Waals surface area contributed by atoms with Crippen LogP contribution in [0.5, 0.6) is 5.75 Å². The van der Waals surface area contributed by atoms with Crippen molar-refractivity contribution in [2.45, 2.75) is 77.1 Å². The van der Waals surface area contributed by atoms with E-state index in [1.54, 1.807) is 17.3 Å². The van der Waals surface area contributed by atoms with Gasteiger partial charge in [0, 0.05) is 30.3 Å². The Bertz CT molecular complexity index is 1220. The Hall–Kier alpha value is -3.42. The number of guanidine groups is 1. The number of benzene rings is 1. The lowest BCUT2D eigenvalue weighted by Gasteiger charge is -2.39. The van der Waals surface area contributed by atoms with Crippen molar-refractivity contribution in [1.82, 2.24) is 15.2 Å². The molecule has 1 aromatic carbocycles. The molecule has 2 amide bonds. The van der Waals surface area contributed by atoms with E-state index in [2.05, 4.69) is 15.3 Å². The standard InChI is InChI=1S/C28H35N5O3/c1-16-8-9-18-21(13-28(4,5)36-22(18)11-16)31-25(35)20-12-19(20)24(17-7-6-10-30-15-17)33-23(34)14-27(2,3)32-26(33)29/h6-11,15,19-21,24H,12-14H2,1-5H3,(H2,29,32)(H,31,35)/t19?,20-,21+,24-/m1/s1. The van der Waals surface area contributed by atoms with Gasteiger partial charge in [0.15, 0.2) is 5.96 Å². The first-order valence-corrected chi connectivity index (χ1v) is 12.6. The number of fused-ring (bicyclic) bond motifs is 1. The smallest absolute Gasteiger partial charge is 0.232 e. The van der Waals surface area contributed by atoms with E-state index >= 15 is 0 Å². The number of nitrogens with two attached hydrogens (primary N) is 1. The molecule has 2 aromatic rings. The Morgan fingerprint density at radius 1 is 1.25 bits per heavy atom. The van der Waals surface area contributed by atoms with E-state index < -0.39 is 11.1 Å². The number of hydrogen-bond acceptors (Lipinski definition) is 6. The van der Waals surface area contributed by atoms with Crippen LogP contribution in [-0.4, -0.2) is 38.8 Å². The van der Waals surface area contributed by atoms with Crippen LogP contribution < -0.4 is 15.8 Å². The number of carbonyl (C=O) groups excluding carboxylic acids is 2. The minimum Gasteiger partial charge on any atom is -0.487 e. The zero-order valence-electron chi connectivity index (χ0n) is 21.6. The van der Waals surface area contributed by atoms with Crippen LogP contribution in [0, 0.1) is 18.8 Å². The summed E-state index contributed by atoms with van der Waals surface area (Å²) in [5, 5.41) is 3.29. The van der Waals surface area contributed by atoms with Crippen LogP contribution >= 0.6 is 0 Å². The molecule has 0 bridgehead atoms. The molecule has 4 atom stereocenters. The van der Waals surface area contributed by atoms with E-state index in [4.69, 9.17) is 10.5 Å². The van der Waals surface area contributed by atoms with Crippen LogP contribution in [0.4, 0.5) is 0 Å². The third-order valence-corrected chi connectivity index (χ3v) is 7.35. The molecule has 1 fully saturated rings. The third-order valence-electron chi connectivity index (χ3n) is 7.35. The predicted molar refractivity (Wildman–Crippen MR) is 137 cm³/mol. The number of amides is 2. The lowest BCUT2D eigenvalue weighted by Crippen LogP contribution is -2.52. The molecule has 8 heteroatoms. The van der Waals surface area contributed by atoms with Crippen molar-refractivity contribution >= 4 is 17.8 Å². The Labute approximate surface area is 212 Å². The summed E-state index contributed by atoms with van der Waals surface area (Å²) >= 11 is 0. The normalized spacial score (nSPS) is 26.8. The maximum atomic E-state index is 13.5. The first-order valence-electron chi connectivity index (χ1n) is 12.6. The summed E-state index contributed by atoms with van der Waals surface area (Å²) < 4.78 is 6.20. The average Bonchev–Trinajstić information content (AvgIpc) is 3.55. The summed E-state index contributed by atoms with van der Waals surface area (Å²) in [6, 6.07) is 9.36. The Kier molecular flexibility index (Phi) is 5.80. The van der Waals surface area contributed by atoms with E-state index in [1.165, 1.54) is 0 Å². The average molecular weight is 490 g/mol. The summed E-state index contributed by atoms with van der Waals surface area (Å²) in [6.07, 6.45) is 5.05. The molecule has 1 unspecified atom stereocenters. The monoisotopic (exact) mass is 489 g/mol. The molecule has 1 aliphatic carbocycles. The second-order valence-electron chi connectivity index (χ2n) is 11.6. The molecule has 190 valence electrons. The minimum atomic E-state index is -0.543. The van der Waals surface area contributed by atoms with Gasteiger partial charge >= 0.3 is 0 Å². The number of hydrogen-bond donors (Lipinski definition) is 2. The van der Waals surface area contributed by atoms with Crippen LogP contribution in [0.25, 0.3) is 0 Å². The zero-order valence-corrected chi connectivity index (χ0v) is 21.6. The van der Waals surface area contributed by atoms with Crippen LogP contribution in [-0.2, 0) is 9.59 Å². The van der Waals surface area contributed by atoms with Crippen LogP contribution in [0.1, 0.15) is 75.7 Å². The van der Waals surface area contributed by atoms with E-state index in [-0.39, 0.29) is 48.1 Å². The molecule has 3 N–H and O–H groups in total. The fraction of sp³-hybridized carbons (Fsp3) is 0.500. The quantitative estimate of drug-likeness (QED) is 0.664. The lowest BCUT2D eigenvalue weighted by atomic mass is 9.89. The van der Waals surface area contributed by atoms with Crippen molar-refractivity contribution in [3.8, 4) is 5.75 Å². The molecule has 8 nitrogen and oxygen atoms in total. The van der Waals surface area contributed by atoms with Crippen molar-refractivity contribution in [1.29, 1.82) is 0 Å². The van der Waals surface area contributed by atoms with E-state index in [9.17, 15) is 9.59 Å². The molecular weight excluding hydrogens is 454 g/mol. The molecule has 0 saturated heterocycles. The zero-order chi connectivity index (χ0) is 25.8. The first kappa shape index (κ1) is 24.3. The molecule has 3 heterocycles. The van der Waals surface area contributed by atoms with Crippen molar-refractivity contribution < 1.29 is 14.3 Å². The van der Waals surface area contributed by atoms with Crippen LogP contribution in [0.3, 0.4) is 0 Å². The number of rotatable bonds is 5. The molecule has 1 aromatic heterocycles. The van der Waals surface area contributed by atoms with Gasteiger partial charge in [-0.2, -0.15) is 0 Å². The van der Waals surface area contributed by atoms with Crippen molar-refractivity contribution in [3.05, 3.63) is 59.4 Å². The number of nitrogens with one attached hydrogen (secondary N) is 1. The topological polar surface area (TPSA) is 110 Å². The van der Waals surface area contributed by atoms with Gasteiger partial charge in [-0.1, -0.05) is 18.2 Å². The largest absolute Gasteiger partial charge is 0.487 e. The Balaban J connectivity index is 1.39. The van der Waals surface area contributed by atoms with Gasteiger partial charge in [0.2, 0.25) is 11.8 Å². The van der Waals surface area contributed by atoms with Crippen molar-refractivity contribution in [2.75, 3.05) is 0 Å². The van der Waals surface area contributed by atoms with Gasteiger partial charge in [0.25, 0.3) is 0 Å². The van der Waals surface area contributed by atoms with Crippen molar-refractivity contribution in [2.24, 2.45) is 22.6 Å². The van der Waals surface area contributed by atoms with Gasteiger partial charge in [0.05, 0.1) is 24.0 Å². The van der Waals surface area contributed by atoms with E-state index in [0.717, 1.165) is 22.4 Å². The second kappa shape index (κ2) is 8.61. The highest BCUT2D eigenvalue weighted by Gasteiger charge is 2.53. The lowest BCUT2D eigenvalue weighted by molar-refractivity contribution is -0.132. The molecule has 3 aliphatic rings. The fourth-order valence-corrected chi connectivity index (χ4v) is 5.65. The fourth-order valence-electron chi connectivity index (χ4n) is 5.65. The van der Waals surface area contributed by atoms with E-state index in [0.29, 0.717) is 12.8 Å².